The fourth-order valence-corrected chi connectivity index (χ4v) is 11.5. The predicted molar refractivity (Wildman–Crippen MR) is 200 cm³/mol. The van der Waals surface area contributed by atoms with Gasteiger partial charge in [-0.15, -0.1) is 11.3 Å². The number of fused-ring (bicyclic) bond motifs is 2. The maximum absolute atomic E-state index is 14.3. The lowest BCUT2D eigenvalue weighted by Gasteiger charge is -2.42. The highest BCUT2D eigenvalue weighted by Gasteiger charge is 2.61. The molecule has 1 saturated carbocycles. The molecule has 276 valence electrons. The number of hydrogen-bond donors (Lipinski definition) is 3. The van der Waals surface area contributed by atoms with Crippen molar-refractivity contribution in [3.8, 4) is 5.75 Å². The first-order chi connectivity index (χ1) is 25.5. The first-order valence-electron chi connectivity index (χ1n) is 18.2. The van der Waals surface area contributed by atoms with Gasteiger partial charge in [0.05, 0.1) is 11.0 Å². The number of aromatic nitrogens is 1. The van der Waals surface area contributed by atoms with E-state index in [1.165, 1.54) is 11.3 Å². The van der Waals surface area contributed by atoms with Crippen molar-refractivity contribution in [1.82, 2.24) is 25.2 Å². The molecule has 2 aromatic carbocycles. The molecule has 0 bridgehead atoms. The molecule has 3 N–H and O–H groups in total. The van der Waals surface area contributed by atoms with Crippen LogP contribution in [0.5, 0.6) is 5.75 Å². The van der Waals surface area contributed by atoms with E-state index in [0.29, 0.717) is 48.5 Å². The zero-order valence-electron chi connectivity index (χ0n) is 29.4. The number of rotatable bonds is 11. The number of likely N-dealkylation sites (tertiary alicyclic amines) is 1. The number of pyridine rings is 1. The zero-order chi connectivity index (χ0) is 36.9. The zero-order valence-corrected chi connectivity index (χ0v) is 31.1. The largest absolute Gasteiger partial charge is 0.480 e. The predicted octanol–water partition coefficient (Wildman–Crippen LogP) is 5.79. The van der Waals surface area contributed by atoms with Crippen LogP contribution in [0.15, 0.2) is 79.1 Å². The van der Waals surface area contributed by atoms with Gasteiger partial charge in [0.2, 0.25) is 11.8 Å². The second-order valence-electron chi connectivity index (χ2n) is 14.9. The van der Waals surface area contributed by atoms with Crippen LogP contribution in [0.3, 0.4) is 0 Å². The van der Waals surface area contributed by atoms with Crippen molar-refractivity contribution < 1.29 is 33.4 Å². The summed E-state index contributed by atoms with van der Waals surface area (Å²) >= 11 is 1.30. The van der Waals surface area contributed by atoms with Crippen LogP contribution in [0.1, 0.15) is 72.2 Å². The Morgan fingerprint density at radius 1 is 1.04 bits per heavy atom. The van der Waals surface area contributed by atoms with Gasteiger partial charge in [-0.2, -0.15) is 0 Å². The summed E-state index contributed by atoms with van der Waals surface area (Å²) in [5.41, 5.74) is 0.447. The summed E-state index contributed by atoms with van der Waals surface area (Å²) in [4.78, 5) is 61.8. The van der Waals surface area contributed by atoms with Crippen LogP contribution in [-0.4, -0.2) is 80.3 Å². The number of carboxylic acids is 1. The van der Waals surface area contributed by atoms with Gasteiger partial charge in [-0.05, 0) is 97.4 Å². The van der Waals surface area contributed by atoms with E-state index in [4.69, 9.17) is 4.52 Å². The Hall–Kier alpha value is -4.58. The number of nitrogens with one attached hydrogen (secondary N) is 2. The van der Waals surface area contributed by atoms with Gasteiger partial charge in [0.15, 0.2) is 0 Å². The third-order valence-electron chi connectivity index (χ3n) is 11.3. The van der Waals surface area contributed by atoms with Crippen LogP contribution in [-0.2, 0) is 25.1 Å². The molecule has 53 heavy (non-hydrogen) atoms. The summed E-state index contributed by atoms with van der Waals surface area (Å²) in [6.07, 6.45) is 7.32. The summed E-state index contributed by atoms with van der Waals surface area (Å²) in [5, 5.41) is 16.6. The molecule has 4 fully saturated rings. The number of carboxylic acid groups (broad SMARTS) is 1. The molecule has 12 nitrogen and oxygen atoms in total. The lowest BCUT2D eigenvalue weighted by Crippen LogP contribution is -2.58. The van der Waals surface area contributed by atoms with Gasteiger partial charge in [-0.3, -0.25) is 28.7 Å². The summed E-state index contributed by atoms with van der Waals surface area (Å²) in [6, 6.07) is 18.6. The average molecular weight is 756 g/mol. The molecule has 4 aromatic rings. The molecule has 0 spiro atoms. The molecular formula is C39H42N5O7PS. The number of amides is 3. The highest BCUT2D eigenvalue weighted by atomic mass is 32.1. The lowest BCUT2D eigenvalue weighted by molar-refractivity contribution is -0.148. The van der Waals surface area contributed by atoms with E-state index in [1.807, 2.05) is 47.5 Å². The van der Waals surface area contributed by atoms with Crippen molar-refractivity contribution in [3.63, 3.8) is 0 Å². The Morgan fingerprint density at radius 2 is 1.83 bits per heavy atom. The van der Waals surface area contributed by atoms with Gasteiger partial charge in [0.1, 0.15) is 23.4 Å². The van der Waals surface area contributed by atoms with Gasteiger partial charge < -0.3 is 24.7 Å². The van der Waals surface area contributed by atoms with Crippen LogP contribution in [0.25, 0.3) is 10.1 Å². The van der Waals surface area contributed by atoms with E-state index < -0.39 is 31.1 Å². The molecule has 14 heteroatoms. The Kier molecular flexibility index (Phi) is 9.37. The summed E-state index contributed by atoms with van der Waals surface area (Å²) in [6.45, 7) is 3.02. The van der Waals surface area contributed by atoms with Gasteiger partial charge in [-0.1, -0.05) is 37.3 Å². The summed E-state index contributed by atoms with van der Waals surface area (Å²) < 4.78 is 21.2. The number of benzene rings is 2. The molecule has 5 heterocycles. The molecule has 0 radical (unpaired) electrons. The Morgan fingerprint density at radius 3 is 2.55 bits per heavy atom. The minimum Gasteiger partial charge on any atom is -0.480 e. The number of nitrogens with zero attached hydrogens (tertiary/aromatic N) is 3. The molecule has 4 aliphatic rings. The number of carbonyl (C=O) groups excluding carboxylic acids is 3. The quantitative estimate of drug-likeness (QED) is 0.161. The first-order valence-corrected chi connectivity index (χ1v) is 20.9. The third-order valence-corrected chi connectivity index (χ3v) is 14.4. The van der Waals surface area contributed by atoms with Crippen molar-refractivity contribution in [2.75, 3.05) is 13.1 Å². The van der Waals surface area contributed by atoms with Crippen LogP contribution < -0.4 is 14.9 Å². The normalized spacial score (nSPS) is 26.6. The van der Waals surface area contributed by atoms with E-state index in [1.54, 1.807) is 48.4 Å². The van der Waals surface area contributed by atoms with Crippen LogP contribution in [0.4, 0.5) is 0 Å². The van der Waals surface area contributed by atoms with Crippen molar-refractivity contribution >= 4 is 52.6 Å². The number of aliphatic carboxylic acids is 1. The second kappa shape index (κ2) is 14.0. The second-order valence-corrected chi connectivity index (χ2v) is 18.0. The van der Waals surface area contributed by atoms with E-state index in [2.05, 4.69) is 15.4 Å². The third kappa shape index (κ3) is 6.98. The number of para-hydroxylation sites is 1. The van der Waals surface area contributed by atoms with E-state index in [0.717, 1.165) is 34.9 Å². The first kappa shape index (κ1) is 35.4. The van der Waals surface area contributed by atoms with E-state index >= 15 is 0 Å². The SMILES string of the molecule is CC1CC1(NP(=O)(Cc1ccc2sc(C(=O)N[C@H]3CCCC4CC[C@@H](C(=O)N5CC(c6cccnc6)C5)N4C3=O)cc2c1)Oc1ccccc1)C(=O)O. The highest BCUT2D eigenvalue weighted by Crippen LogP contribution is 2.55. The fourth-order valence-electron chi connectivity index (χ4n) is 8.18. The van der Waals surface area contributed by atoms with Crippen LogP contribution in [0, 0.1) is 5.92 Å². The van der Waals surface area contributed by atoms with Gasteiger partial charge in [0.25, 0.3) is 5.91 Å². The molecule has 3 saturated heterocycles. The van der Waals surface area contributed by atoms with Crippen LogP contribution >= 0.6 is 18.9 Å². The Balaban J connectivity index is 0.951. The lowest BCUT2D eigenvalue weighted by atomic mass is 9.92. The maximum Gasteiger partial charge on any atom is 0.324 e. The minimum atomic E-state index is -3.76. The highest BCUT2D eigenvalue weighted by molar-refractivity contribution is 7.56. The minimum absolute atomic E-state index is 0.0127. The monoisotopic (exact) mass is 755 g/mol. The molecule has 4 unspecified atom stereocenters. The molecule has 2 aromatic heterocycles. The van der Waals surface area contributed by atoms with Gasteiger partial charge >= 0.3 is 13.5 Å². The maximum atomic E-state index is 14.3. The topological polar surface area (TPSA) is 158 Å². The fraction of sp³-hybridized carbons (Fsp3) is 0.410. The van der Waals surface area contributed by atoms with Gasteiger partial charge in [0, 0.05) is 42.1 Å². The number of carbonyl (C=O) groups is 4. The Bertz CT molecular complexity index is 2110. The van der Waals surface area contributed by atoms with Crippen molar-refractivity contribution in [2.24, 2.45) is 5.92 Å². The molecular weight excluding hydrogens is 713 g/mol. The smallest absolute Gasteiger partial charge is 0.324 e. The van der Waals surface area contributed by atoms with E-state index in [-0.39, 0.29) is 41.8 Å². The van der Waals surface area contributed by atoms with Crippen molar-refractivity contribution in [3.05, 3.63) is 95.1 Å². The van der Waals surface area contributed by atoms with Crippen molar-refractivity contribution in [2.45, 2.75) is 81.2 Å². The van der Waals surface area contributed by atoms with Crippen LogP contribution in [0.2, 0.25) is 0 Å². The summed E-state index contributed by atoms with van der Waals surface area (Å²) in [5.74, 6) is -1.24. The number of hydrogen-bond acceptors (Lipinski definition) is 8. The van der Waals surface area contributed by atoms with E-state index in [9.17, 15) is 28.8 Å². The van der Waals surface area contributed by atoms with Crippen molar-refractivity contribution in [1.29, 1.82) is 0 Å². The molecule has 8 rings (SSSR count). The number of thiophene rings is 1. The standard InChI is InChI=1S/C39H42N5O7PS/c1-24-19-39(24,38(48)49)42-52(50,51-30-9-3-2-4-10-30)23-25-12-15-33-27(17-25)18-34(53-33)35(45)41-31-11-5-8-29-13-14-32(44(29)36(31)46)37(47)43-21-28(22-43)26-7-6-16-40-20-26/h2-4,6-7,9-10,12,15-18,20,24,28-29,31-32H,5,8,11,13-14,19,21-23H2,1H3,(H,41,45)(H,42,50)(H,48,49)/t24?,29?,31-,32-,39?,52?/m0/s1. The molecule has 6 atom stereocenters. The molecule has 3 amide bonds. The molecule has 3 aliphatic heterocycles. The molecule has 1 aliphatic carbocycles. The average Bonchev–Trinajstić information content (AvgIpc) is 3.42. The van der Waals surface area contributed by atoms with Gasteiger partial charge in [-0.25, -0.2) is 5.09 Å². The summed E-state index contributed by atoms with van der Waals surface area (Å²) in [7, 11) is -3.76. The Labute approximate surface area is 311 Å².